The molecule has 3 aromatic carbocycles. The molecule has 0 aliphatic carbocycles. The molecule has 1 N–H and O–H groups in total. The Kier molecular flexibility index (Phi) is 6.97. The summed E-state index contributed by atoms with van der Waals surface area (Å²) in [7, 11) is 0. The Balaban J connectivity index is 1.69. The van der Waals surface area contributed by atoms with E-state index >= 15 is 0 Å². The average Bonchev–Trinajstić information content (AvgIpc) is 3.08. The molecule has 6 nitrogen and oxygen atoms in total. The first-order chi connectivity index (χ1) is 16.5. The molecule has 1 aliphatic rings. The van der Waals surface area contributed by atoms with Crippen molar-refractivity contribution < 1.29 is 19.1 Å². The van der Waals surface area contributed by atoms with Gasteiger partial charge < -0.3 is 14.8 Å². The van der Waals surface area contributed by atoms with Gasteiger partial charge in [-0.2, -0.15) is 0 Å². The van der Waals surface area contributed by atoms with Crippen LogP contribution in [0, 0.1) is 0 Å². The number of nitrogens with zero attached hydrogens (tertiary/aromatic N) is 1. The Hall–Kier alpha value is -4.06. The third-order valence-corrected chi connectivity index (χ3v) is 5.19. The summed E-state index contributed by atoms with van der Waals surface area (Å²) < 4.78 is 11.4. The van der Waals surface area contributed by atoms with E-state index < -0.39 is 5.91 Å². The summed E-state index contributed by atoms with van der Waals surface area (Å²) in [5, 5.41) is 3.18. The van der Waals surface area contributed by atoms with Crippen molar-refractivity contribution in [3.8, 4) is 11.5 Å². The Labute approximate surface area is 199 Å². The number of carbonyl (C=O) groups is 2. The molecule has 0 unspecified atom stereocenters. The van der Waals surface area contributed by atoms with Crippen LogP contribution in [0.25, 0.3) is 5.57 Å². The van der Waals surface area contributed by atoms with Gasteiger partial charge in [-0.25, -0.2) is 4.90 Å². The van der Waals surface area contributed by atoms with Crippen LogP contribution in [0.5, 0.6) is 11.5 Å². The van der Waals surface area contributed by atoms with Gasteiger partial charge in [-0.15, -0.1) is 0 Å². The third kappa shape index (κ3) is 4.96. The molecule has 1 heterocycles. The highest BCUT2D eigenvalue weighted by atomic mass is 16.5. The van der Waals surface area contributed by atoms with Crippen LogP contribution in [0.3, 0.4) is 0 Å². The molecule has 2 amide bonds. The van der Waals surface area contributed by atoms with Gasteiger partial charge in [-0.05, 0) is 62.2 Å². The highest BCUT2D eigenvalue weighted by molar-refractivity contribution is 6.46. The molecule has 0 saturated carbocycles. The zero-order valence-electron chi connectivity index (χ0n) is 19.6. The molecule has 0 bridgehead atoms. The largest absolute Gasteiger partial charge is 0.494 e. The van der Waals surface area contributed by atoms with Crippen LogP contribution in [0.15, 0.2) is 84.6 Å². The zero-order chi connectivity index (χ0) is 24.1. The van der Waals surface area contributed by atoms with Crippen molar-refractivity contribution in [3.63, 3.8) is 0 Å². The number of nitrogens with one attached hydrogen (secondary N) is 1. The number of carbonyl (C=O) groups excluding carboxylic acids is 2. The second-order valence-corrected chi connectivity index (χ2v) is 8.22. The van der Waals surface area contributed by atoms with E-state index in [1.165, 1.54) is 4.90 Å². The average molecular weight is 457 g/mol. The smallest absolute Gasteiger partial charge is 0.282 e. The molecule has 0 spiro atoms. The van der Waals surface area contributed by atoms with Gasteiger partial charge in [-0.1, -0.05) is 43.3 Å². The van der Waals surface area contributed by atoms with E-state index in [2.05, 4.69) is 5.32 Å². The second kappa shape index (κ2) is 10.3. The van der Waals surface area contributed by atoms with Crippen LogP contribution < -0.4 is 19.7 Å². The molecule has 1 aliphatic heterocycles. The second-order valence-electron chi connectivity index (χ2n) is 8.22. The summed E-state index contributed by atoms with van der Waals surface area (Å²) in [4.78, 5) is 28.3. The topological polar surface area (TPSA) is 67.9 Å². The standard InChI is InChI=1S/C28H28N2O4/c1-4-17-33-24-12-8-11-22(18-24)30-27(31)25(20-9-6-5-7-10-20)26(28(30)32)29-21-13-15-23(16-14-21)34-19(2)3/h5-16,18-19,29H,4,17H2,1-3H3. The van der Waals surface area contributed by atoms with Gasteiger partial charge in [0, 0.05) is 11.8 Å². The van der Waals surface area contributed by atoms with Gasteiger partial charge >= 0.3 is 0 Å². The Morgan fingerprint density at radius 2 is 1.59 bits per heavy atom. The minimum atomic E-state index is -0.418. The van der Waals surface area contributed by atoms with Gasteiger partial charge in [0.25, 0.3) is 11.8 Å². The van der Waals surface area contributed by atoms with Crippen LogP contribution in [0.2, 0.25) is 0 Å². The molecule has 174 valence electrons. The molecule has 0 radical (unpaired) electrons. The predicted molar refractivity (Wildman–Crippen MR) is 134 cm³/mol. The van der Waals surface area contributed by atoms with Crippen molar-refractivity contribution in [1.29, 1.82) is 0 Å². The number of amides is 2. The van der Waals surface area contributed by atoms with Crippen molar-refractivity contribution in [3.05, 3.63) is 90.1 Å². The van der Waals surface area contributed by atoms with Gasteiger partial charge in [0.15, 0.2) is 0 Å². The minimum Gasteiger partial charge on any atom is -0.494 e. The Morgan fingerprint density at radius 1 is 0.853 bits per heavy atom. The molecule has 0 saturated heterocycles. The first-order valence-corrected chi connectivity index (χ1v) is 11.4. The minimum absolute atomic E-state index is 0.0610. The predicted octanol–water partition coefficient (Wildman–Crippen LogP) is 5.66. The lowest BCUT2D eigenvalue weighted by molar-refractivity contribution is -0.120. The van der Waals surface area contributed by atoms with Gasteiger partial charge in [0.2, 0.25) is 0 Å². The van der Waals surface area contributed by atoms with Crippen molar-refractivity contribution in [2.75, 3.05) is 16.8 Å². The maximum atomic E-state index is 13.6. The van der Waals surface area contributed by atoms with Crippen LogP contribution in [0.1, 0.15) is 32.8 Å². The number of ether oxygens (including phenoxy) is 2. The molecule has 6 heteroatoms. The van der Waals surface area contributed by atoms with Crippen molar-refractivity contribution in [2.24, 2.45) is 0 Å². The highest BCUT2D eigenvalue weighted by Gasteiger charge is 2.40. The van der Waals surface area contributed by atoms with Crippen molar-refractivity contribution in [1.82, 2.24) is 0 Å². The van der Waals surface area contributed by atoms with Crippen molar-refractivity contribution >= 4 is 28.8 Å². The maximum Gasteiger partial charge on any atom is 0.282 e. The Bertz CT molecular complexity index is 1200. The van der Waals surface area contributed by atoms with Crippen molar-refractivity contribution in [2.45, 2.75) is 33.3 Å². The first-order valence-electron chi connectivity index (χ1n) is 11.4. The van der Waals surface area contributed by atoms with E-state index in [9.17, 15) is 9.59 Å². The monoisotopic (exact) mass is 456 g/mol. The van der Waals surface area contributed by atoms with E-state index in [1.54, 1.807) is 18.2 Å². The lowest BCUT2D eigenvalue weighted by Crippen LogP contribution is -2.32. The van der Waals surface area contributed by atoms with E-state index in [4.69, 9.17) is 9.47 Å². The molecule has 0 atom stereocenters. The lowest BCUT2D eigenvalue weighted by Gasteiger charge is -2.17. The van der Waals surface area contributed by atoms with Gasteiger partial charge in [0.05, 0.1) is 24.0 Å². The zero-order valence-corrected chi connectivity index (χ0v) is 19.6. The summed E-state index contributed by atoms with van der Waals surface area (Å²) in [6, 6.07) is 23.6. The number of hydrogen-bond donors (Lipinski definition) is 1. The highest BCUT2D eigenvalue weighted by Crippen LogP contribution is 2.35. The van der Waals surface area contributed by atoms with Crippen LogP contribution in [0.4, 0.5) is 11.4 Å². The van der Waals surface area contributed by atoms with E-state index in [0.29, 0.717) is 34.9 Å². The van der Waals surface area contributed by atoms with Crippen LogP contribution in [-0.4, -0.2) is 24.5 Å². The number of benzene rings is 3. The third-order valence-electron chi connectivity index (χ3n) is 5.19. The summed E-state index contributed by atoms with van der Waals surface area (Å²) in [5.74, 6) is 0.547. The number of rotatable bonds is 9. The molecule has 0 fully saturated rings. The molecule has 3 aromatic rings. The van der Waals surface area contributed by atoms with Gasteiger partial charge in [0.1, 0.15) is 17.2 Å². The van der Waals surface area contributed by atoms with E-state index in [0.717, 1.165) is 12.2 Å². The molecule has 0 aromatic heterocycles. The summed E-state index contributed by atoms with van der Waals surface area (Å²) >= 11 is 0. The summed E-state index contributed by atoms with van der Waals surface area (Å²) in [6.07, 6.45) is 0.923. The molecular weight excluding hydrogens is 428 g/mol. The van der Waals surface area contributed by atoms with E-state index in [1.807, 2.05) is 81.4 Å². The maximum absolute atomic E-state index is 13.6. The quantitative estimate of drug-likeness (QED) is 0.421. The fourth-order valence-electron chi connectivity index (χ4n) is 3.72. The lowest BCUT2D eigenvalue weighted by atomic mass is 10.0. The van der Waals surface area contributed by atoms with Crippen LogP contribution in [-0.2, 0) is 9.59 Å². The summed E-state index contributed by atoms with van der Waals surface area (Å²) in [6.45, 7) is 6.50. The number of hydrogen-bond acceptors (Lipinski definition) is 5. The first kappa shape index (κ1) is 23.1. The molecule has 4 rings (SSSR count). The molecular formula is C28H28N2O4. The summed E-state index contributed by atoms with van der Waals surface area (Å²) in [5.41, 5.74) is 2.38. The Morgan fingerprint density at radius 3 is 2.26 bits per heavy atom. The number of imide groups is 1. The fourth-order valence-corrected chi connectivity index (χ4v) is 3.72. The normalized spacial score (nSPS) is 13.6. The van der Waals surface area contributed by atoms with Crippen LogP contribution >= 0.6 is 0 Å². The van der Waals surface area contributed by atoms with Gasteiger partial charge in [-0.3, -0.25) is 9.59 Å². The number of anilines is 2. The fraction of sp³-hybridized carbons (Fsp3) is 0.214. The SMILES string of the molecule is CCCOc1cccc(N2C(=O)C(Nc3ccc(OC(C)C)cc3)=C(c3ccccc3)C2=O)c1. The molecule has 34 heavy (non-hydrogen) atoms. The van der Waals surface area contributed by atoms with E-state index in [-0.39, 0.29) is 17.7 Å².